The summed E-state index contributed by atoms with van der Waals surface area (Å²) in [5.41, 5.74) is 6.34. The van der Waals surface area contributed by atoms with Gasteiger partial charge in [0.2, 0.25) is 0 Å². The Kier molecular flexibility index (Phi) is 6.48. The molecule has 21 heavy (non-hydrogen) atoms. The highest BCUT2D eigenvalue weighted by atomic mass is 19.4. The van der Waals surface area contributed by atoms with E-state index in [1.807, 2.05) is 14.1 Å². The van der Waals surface area contributed by atoms with Gasteiger partial charge < -0.3 is 15.5 Å². The van der Waals surface area contributed by atoms with Crippen LogP contribution in [0.3, 0.4) is 0 Å². The van der Waals surface area contributed by atoms with Crippen molar-refractivity contribution in [2.75, 3.05) is 38.6 Å². The minimum Gasteiger partial charge on any atom is -0.370 e. The fourth-order valence-corrected chi connectivity index (χ4v) is 2.18. The summed E-state index contributed by atoms with van der Waals surface area (Å²) in [6.07, 6.45) is -3.40. The van der Waals surface area contributed by atoms with Crippen LogP contribution < -0.4 is 10.6 Å². The lowest BCUT2D eigenvalue weighted by Gasteiger charge is -2.28. The Morgan fingerprint density at radius 3 is 2.24 bits per heavy atom. The molecule has 0 spiro atoms. The second-order valence-corrected chi connectivity index (χ2v) is 5.34. The van der Waals surface area contributed by atoms with Gasteiger partial charge in [0.25, 0.3) is 0 Å². The predicted octanol–water partition coefficient (Wildman–Crippen LogP) is 2.94. The molecule has 0 bridgehead atoms. The first-order valence-corrected chi connectivity index (χ1v) is 7.09. The van der Waals surface area contributed by atoms with Crippen LogP contribution in [-0.4, -0.2) is 38.6 Å². The largest absolute Gasteiger partial charge is 0.416 e. The molecule has 0 radical (unpaired) electrons. The van der Waals surface area contributed by atoms with Gasteiger partial charge in [-0.1, -0.05) is 6.92 Å². The second-order valence-electron chi connectivity index (χ2n) is 5.34. The Hall–Kier alpha value is -1.27. The summed E-state index contributed by atoms with van der Waals surface area (Å²) in [5.74, 6) is 0. The van der Waals surface area contributed by atoms with Crippen molar-refractivity contribution in [3.05, 3.63) is 29.3 Å². The molecule has 0 heterocycles. The summed E-state index contributed by atoms with van der Waals surface area (Å²) in [6.45, 7) is 4.55. The third-order valence-electron chi connectivity index (χ3n) is 3.28. The summed E-state index contributed by atoms with van der Waals surface area (Å²) < 4.78 is 38.3. The predicted molar refractivity (Wildman–Crippen MR) is 80.4 cm³/mol. The molecule has 3 nitrogen and oxygen atoms in total. The molecule has 1 rings (SSSR count). The molecule has 0 saturated heterocycles. The maximum atomic E-state index is 12.8. The van der Waals surface area contributed by atoms with Crippen molar-refractivity contribution in [1.29, 1.82) is 0 Å². The van der Waals surface area contributed by atoms with E-state index in [9.17, 15) is 13.2 Å². The van der Waals surface area contributed by atoms with Crippen LogP contribution in [0.4, 0.5) is 18.9 Å². The van der Waals surface area contributed by atoms with Gasteiger partial charge >= 0.3 is 6.18 Å². The average molecular weight is 303 g/mol. The van der Waals surface area contributed by atoms with E-state index in [2.05, 4.69) is 16.7 Å². The number of hydrogen-bond donors (Lipinski definition) is 1. The normalized spacial score (nSPS) is 12.0. The zero-order valence-electron chi connectivity index (χ0n) is 12.9. The first-order chi connectivity index (χ1) is 9.79. The van der Waals surface area contributed by atoms with Crippen LogP contribution in [-0.2, 0) is 12.7 Å². The van der Waals surface area contributed by atoms with E-state index in [0.29, 0.717) is 5.56 Å². The van der Waals surface area contributed by atoms with Gasteiger partial charge in [0, 0.05) is 31.9 Å². The van der Waals surface area contributed by atoms with Crippen molar-refractivity contribution in [2.45, 2.75) is 26.1 Å². The van der Waals surface area contributed by atoms with Gasteiger partial charge in [-0.3, -0.25) is 0 Å². The van der Waals surface area contributed by atoms with Crippen molar-refractivity contribution in [1.82, 2.24) is 4.90 Å². The number of alkyl halides is 3. The van der Waals surface area contributed by atoms with E-state index < -0.39 is 11.7 Å². The lowest BCUT2D eigenvalue weighted by Crippen LogP contribution is -2.33. The molecule has 1 aromatic carbocycles. The number of rotatable bonds is 7. The number of halogens is 3. The van der Waals surface area contributed by atoms with E-state index in [-0.39, 0.29) is 6.54 Å². The van der Waals surface area contributed by atoms with Crippen molar-refractivity contribution >= 4 is 5.69 Å². The molecule has 0 aliphatic heterocycles. The standard InChI is InChI=1S/C15H24F3N3/c1-4-7-21(9-8-20(2)3)14-6-5-13(15(16,17)18)10-12(14)11-19/h5-6,10H,4,7-9,11,19H2,1-3H3. The summed E-state index contributed by atoms with van der Waals surface area (Å²) >= 11 is 0. The Labute approximate surface area is 124 Å². The number of anilines is 1. The average Bonchev–Trinajstić information content (AvgIpc) is 2.41. The Bertz CT molecular complexity index is 444. The molecule has 1 aromatic rings. The van der Waals surface area contributed by atoms with Crippen LogP contribution in [0, 0.1) is 0 Å². The Balaban J connectivity index is 3.07. The number of nitrogens with zero attached hydrogens (tertiary/aromatic N) is 2. The zero-order valence-corrected chi connectivity index (χ0v) is 12.9. The summed E-state index contributed by atoms with van der Waals surface area (Å²) in [4.78, 5) is 4.15. The molecule has 0 aliphatic rings. The molecule has 0 aromatic heterocycles. The topological polar surface area (TPSA) is 32.5 Å². The third-order valence-corrected chi connectivity index (χ3v) is 3.28. The smallest absolute Gasteiger partial charge is 0.370 e. The van der Waals surface area contributed by atoms with Gasteiger partial charge in [0.05, 0.1) is 5.56 Å². The van der Waals surface area contributed by atoms with Crippen LogP contribution in [0.2, 0.25) is 0 Å². The molecular formula is C15H24F3N3. The van der Waals surface area contributed by atoms with E-state index in [1.165, 1.54) is 6.07 Å². The summed E-state index contributed by atoms with van der Waals surface area (Å²) in [6, 6.07) is 3.83. The van der Waals surface area contributed by atoms with Gasteiger partial charge in [-0.05, 0) is 44.3 Å². The monoisotopic (exact) mass is 303 g/mol. The lowest BCUT2D eigenvalue weighted by atomic mass is 10.1. The maximum absolute atomic E-state index is 12.8. The Morgan fingerprint density at radius 2 is 1.76 bits per heavy atom. The van der Waals surface area contributed by atoms with Crippen LogP contribution in [0.25, 0.3) is 0 Å². The van der Waals surface area contributed by atoms with Crippen LogP contribution in [0.5, 0.6) is 0 Å². The molecule has 120 valence electrons. The molecular weight excluding hydrogens is 279 g/mol. The van der Waals surface area contributed by atoms with E-state index in [4.69, 9.17) is 5.73 Å². The molecule has 0 atom stereocenters. The summed E-state index contributed by atoms with van der Waals surface area (Å²) in [5, 5.41) is 0. The van der Waals surface area contributed by atoms with Gasteiger partial charge in [-0.15, -0.1) is 0 Å². The highest BCUT2D eigenvalue weighted by Gasteiger charge is 2.31. The second kappa shape index (κ2) is 7.66. The fraction of sp³-hybridized carbons (Fsp3) is 0.600. The molecule has 0 fully saturated rings. The zero-order chi connectivity index (χ0) is 16.0. The number of benzene rings is 1. The third kappa shape index (κ3) is 5.21. The van der Waals surface area contributed by atoms with Crippen LogP contribution >= 0.6 is 0 Å². The van der Waals surface area contributed by atoms with Gasteiger partial charge in [0.1, 0.15) is 0 Å². The molecule has 0 saturated carbocycles. The summed E-state index contributed by atoms with van der Waals surface area (Å²) in [7, 11) is 3.95. The first-order valence-electron chi connectivity index (χ1n) is 7.09. The van der Waals surface area contributed by atoms with Gasteiger partial charge in [-0.2, -0.15) is 13.2 Å². The van der Waals surface area contributed by atoms with Crippen LogP contribution in [0.1, 0.15) is 24.5 Å². The Morgan fingerprint density at radius 1 is 1.10 bits per heavy atom. The molecule has 6 heteroatoms. The lowest BCUT2D eigenvalue weighted by molar-refractivity contribution is -0.137. The fourth-order valence-electron chi connectivity index (χ4n) is 2.18. The van der Waals surface area contributed by atoms with Crippen molar-refractivity contribution in [2.24, 2.45) is 5.73 Å². The molecule has 0 unspecified atom stereocenters. The minimum atomic E-state index is -4.33. The van der Waals surface area contributed by atoms with Crippen LogP contribution in [0.15, 0.2) is 18.2 Å². The number of likely N-dealkylation sites (N-methyl/N-ethyl adjacent to an activating group) is 1. The SMILES string of the molecule is CCCN(CCN(C)C)c1ccc(C(F)(F)F)cc1CN. The molecule has 0 amide bonds. The highest BCUT2D eigenvalue weighted by molar-refractivity contribution is 5.55. The molecule has 0 aliphatic carbocycles. The van der Waals surface area contributed by atoms with E-state index >= 15 is 0 Å². The van der Waals surface area contributed by atoms with Crippen molar-refractivity contribution < 1.29 is 13.2 Å². The highest BCUT2D eigenvalue weighted by Crippen LogP contribution is 2.32. The van der Waals surface area contributed by atoms with Gasteiger partial charge in [-0.25, -0.2) is 0 Å². The first kappa shape index (κ1) is 17.8. The minimum absolute atomic E-state index is 0.0986. The number of nitrogens with two attached hydrogens (primary N) is 1. The number of hydrogen-bond acceptors (Lipinski definition) is 3. The maximum Gasteiger partial charge on any atom is 0.416 e. The van der Waals surface area contributed by atoms with E-state index in [0.717, 1.165) is 43.9 Å². The van der Waals surface area contributed by atoms with Crippen molar-refractivity contribution in [3.63, 3.8) is 0 Å². The van der Waals surface area contributed by atoms with Crippen molar-refractivity contribution in [3.8, 4) is 0 Å². The van der Waals surface area contributed by atoms with E-state index in [1.54, 1.807) is 0 Å². The molecule has 2 N–H and O–H groups in total. The quantitative estimate of drug-likeness (QED) is 0.840. The van der Waals surface area contributed by atoms with Gasteiger partial charge in [0.15, 0.2) is 0 Å².